The van der Waals surface area contributed by atoms with Crippen LogP contribution in [0.15, 0.2) is 57.9 Å². The molecule has 5 heteroatoms. The summed E-state index contributed by atoms with van der Waals surface area (Å²) in [6.07, 6.45) is 1.57. The molecule has 0 fully saturated rings. The molecule has 1 amide bonds. The first-order valence-electron chi connectivity index (χ1n) is 6.41. The van der Waals surface area contributed by atoms with Crippen molar-refractivity contribution in [2.24, 2.45) is 0 Å². The van der Waals surface area contributed by atoms with Gasteiger partial charge in [-0.2, -0.15) is 0 Å². The number of carbonyl (C=O) groups is 1. The fraction of sp³-hybridized carbons (Fsp3) is 0.0625. The van der Waals surface area contributed by atoms with E-state index in [4.69, 9.17) is 4.42 Å². The Bertz CT molecular complexity index is 870. The Kier molecular flexibility index (Phi) is 3.23. The number of carbonyl (C=O) groups excluding carboxylic acids is 1. The van der Waals surface area contributed by atoms with Gasteiger partial charge < -0.3 is 9.73 Å². The molecule has 3 aromatic rings. The molecule has 21 heavy (non-hydrogen) atoms. The molecule has 1 aromatic carbocycles. The van der Waals surface area contributed by atoms with Crippen LogP contribution in [0.4, 0.5) is 5.69 Å². The Balaban J connectivity index is 2.01. The van der Waals surface area contributed by atoms with Crippen molar-refractivity contribution >= 4 is 22.6 Å². The Morgan fingerprint density at radius 1 is 1.19 bits per heavy atom. The number of anilines is 1. The molecule has 0 saturated carbocycles. The number of hydrogen-bond acceptors (Lipinski definition) is 4. The Labute approximate surface area is 120 Å². The van der Waals surface area contributed by atoms with Crippen LogP contribution in [0.3, 0.4) is 0 Å². The van der Waals surface area contributed by atoms with E-state index in [2.05, 4.69) is 10.3 Å². The fourth-order valence-electron chi connectivity index (χ4n) is 2.05. The average molecular weight is 280 g/mol. The molecular weight excluding hydrogens is 268 g/mol. The quantitative estimate of drug-likeness (QED) is 0.783. The number of nitrogens with zero attached hydrogens (tertiary/aromatic N) is 1. The van der Waals surface area contributed by atoms with Crippen LogP contribution in [0.5, 0.6) is 0 Å². The molecule has 0 atom stereocenters. The third-order valence-corrected chi connectivity index (χ3v) is 3.14. The first kappa shape index (κ1) is 13.1. The summed E-state index contributed by atoms with van der Waals surface area (Å²) in [4.78, 5) is 28.1. The lowest BCUT2D eigenvalue weighted by Gasteiger charge is -2.06. The topological polar surface area (TPSA) is 72.2 Å². The number of hydrogen-bond donors (Lipinski definition) is 1. The van der Waals surface area contributed by atoms with Crippen molar-refractivity contribution in [1.29, 1.82) is 0 Å². The fourth-order valence-corrected chi connectivity index (χ4v) is 2.05. The van der Waals surface area contributed by atoms with Crippen molar-refractivity contribution in [3.05, 3.63) is 70.3 Å². The summed E-state index contributed by atoms with van der Waals surface area (Å²) in [5.74, 6) is -0.358. The lowest BCUT2D eigenvalue weighted by Crippen LogP contribution is -2.17. The molecule has 0 aliphatic rings. The van der Waals surface area contributed by atoms with Crippen molar-refractivity contribution in [2.75, 3.05) is 5.32 Å². The predicted octanol–water partition coefficient (Wildman–Crippen LogP) is 2.75. The Morgan fingerprint density at radius 3 is 2.71 bits per heavy atom. The highest BCUT2D eigenvalue weighted by atomic mass is 16.4. The van der Waals surface area contributed by atoms with Gasteiger partial charge in [-0.1, -0.05) is 18.2 Å². The van der Waals surface area contributed by atoms with Crippen molar-refractivity contribution in [1.82, 2.24) is 4.98 Å². The lowest BCUT2D eigenvalue weighted by molar-refractivity contribution is 0.102. The van der Waals surface area contributed by atoms with E-state index < -0.39 is 5.63 Å². The molecule has 0 radical (unpaired) electrons. The maximum atomic E-state index is 12.1. The van der Waals surface area contributed by atoms with E-state index in [0.29, 0.717) is 16.5 Å². The van der Waals surface area contributed by atoms with E-state index in [1.165, 1.54) is 0 Å². The van der Waals surface area contributed by atoms with Crippen LogP contribution >= 0.6 is 0 Å². The highest BCUT2D eigenvalue weighted by Crippen LogP contribution is 2.18. The largest absolute Gasteiger partial charge is 0.421 e. The molecule has 104 valence electrons. The van der Waals surface area contributed by atoms with E-state index in [1.807, 2.05) is 13.0 Å². The van der Waals surface area contributed by atoms with Crippen molar-refractivity contribution < 1.29 is 9.21 Å². The number of pyridine rings is 1. The molecule has 0 bridgehead atoms. The predicted molar refractivity (Wildman–Crippen MR) is 79.4 cm³/mol. The third-order valence-electron chi connectivity index (χ3n) is 3.14. The Hall–Kier alpha value is -2.95. The second-order valence-corrected chi connectivity index (χ2v) is 4.58. The van der Waals surface area contributed by atoms with E-state index >= 15 is 0 Å². The number of benzene rings is 1. The summed E-state index contributed by atoms with van der Waals surface area (Å²) in [5, 5.41) is 3.27. The van der Waals surface area contributed by atoms with Crippen LogP contribution in [0.2, 0.25) is 0 Å². The molecule has 0 aliphatic heterocycles. The lowest BCUT2D eigenvalue weighted by atomic mass is 10.2. The molecule has 5 nitrogen and oxygen atoms in total. The monoisotopic (exact) mass is 280 g/mol. The van der Waals surface area contributed by atoms with Crippen LogP contribution < -0.4 is 10.9 Å². The molecule has 0 aliphatic carbocycles. The van der Waals surface area contributed by atoms with Crippen molar-refractivity contribution in [2.45, 2.75) is 6.92 Å². The highest BCUT2D eigenvalue weighted by molar-refractivity contribution is 6.04. The SMILES string of the molecule is Cc1nccc2oc(=O)c(NC(=O)c3ccccc3)cc12. The normalized spacial score (nSPS) is 10.5. The smallest absolute Gasteiger partial charge is 0.360 e. The minimum atomic E-state index is -0.586. The van der Waals surface area contributed by atoms with Crippen LogP contribution in [-0.2, 0) is 0 Å². The second-order valence-electron chi connectivity index (χ2n) is 4.58. The molecule has 3 rings (SSSR count). The molecule has 0 spiro atoms. The van der Waals surface area contributed by atoms with Gasteiger partial charge in [0, 0.05) is 22.8 Å². The van der Waals surface area contributed by atoms with E-state index in [0.717, 1.165) is 5.69 Å². The molecule has 1 N–H and O–H groups in total. The number of aromatic nitrogens is 1. The first-order chi connectivity index (χ1) is 10.1. The number of amides is 1. The van der Waals surface area contributed by atoms with Crippen LogP contribution in [0.25, 0.3) is 11.0 Å². The highest BCUT2D eigenvalue weighted by Gasteiger charge is 2.11. The first-order valence-corrected chi connectivity index (χ1v) is 6.41. The van der Waals surface area contributed by atoms with Gasteiger partial charge in [-0.25, -0.2) is 4.79 Å². The summed E-state index contributed by atoms with van der Waals surface area (Å²) in [7, 11) is 0. The number of aryl methyl sites for hydroxylation is 1. The minimum Gasteiger partial charge on any atom is -0.421 e. The van der Waals surface area contributed by atoms with Gasteiger partial charge in [0.15, 0.2) is 0 Å². The Morgan fingerprint density at radius 2 is 1.95 bits per heavy atom. The maximum absolute atomic E-state index is 12.1. The average Bonchev–Trinajstić information content (AvgIpc) is 2.50. The molecule has 2 heterocycles. The molecule has 0 unspecified atom stereocenters. The van der Waals surface area contributed by atoms with E-state index in [-0.39, 0.29) is 11.6 Å². The van der Waals surface area contributed by atoms with E-state index in [9.17, 15) is 9.59 Å². The third kappa shape index (κ3) is 2.53. The minimum absolute atomic E-state index is 0.104. The van der Waals surface area contributed by atoms with Gasteiger partial charge in [0.05, 0.1) is 0 Å². The summed E-state index contributed by atoms with van der Waals surface area (Å²) in [5.41, 5.74) is 1.17. The second kappa shape index (κ2) is 5.20. The van der Waals surface area contributed by atoms with Gasteiger partial charge in [0.25, 0.3) is 5.91 Å². The van der Waals surface area contributed by atoms with Gasteiger partial charge in [0.2, 0.25) is 0 Å². The van der Waals surface area contributed by atoms with Crippen LogP contribution in [0, 0.1) is 6.92 Å². The molecular formula is C16H12N2O3. The van der Waals surface area contributed by atoms with E-state index in [1.54, 1.807) is 42.6 Å². The number of nitrogens with one attached hydrogen (secondary N) is 1. The zero-order chi connectivity index (χ0) is 14.8. The molecule has 2 aromatic heterocycles. The van der Waals surface area contributed by atoms with Gasteiger partial charge in [-0.15, -0.1) is 0 Å². The zero-order valence-electron chi connectivity index (χ0n) is 11.3. The van der Waals surface area contributed by atoms with Gasteiger partial charge in [-0.3, -0.25) is 9.78 Å². The van der Waals surface area contributed by atoms with Crippen molar-refractivity contribution in [3.8, 4) is 0 Å². The zero-order valence-corrected chi connectivity index (χ0v) is 11.3. The number of fused-ring (bicyclic) bond motifs is 1. The summed E-state index contributed by atoms with van der Waals surface area (Å²) < 4.78 is 5.20. The van der Waals surface area contributed by atoms with Crippen LogP contribution in [-0.4, -0.2) is 10.9 Å². The van der Waals surface area contributed by atoms with Gasteiger partial charge >= 0.3 is 5.63 Å². The van der Waals surface area contributed by atoms with Gasteiger partial charge in [-0.05, 0) is 31.2 Å². The number of rotatable bonds is 2. The van der Waals surface area contributed by atoms with Gasteiger partial charge in [0.1, 0.15) is 11.3 Å². The molecule has 0 saturated heterocycles. The summed E-state index contributed by atoms with van der Waals surface area (Å²) in [6.45, 7) is 1.81. The van der Waals surface area contributed by atoms with Crippen LogP contribution in [0.1, 0.15) is 16.1 Å². The van der Waals surface area contributed by atoms with Crippen molar-refractivity contribution in [3.63, 3.8) is 0 Å². The summed E-state index contributed by atoms with van der Waals surface area (Å²) >= 11 is 0. The summed E-state index contributed by atoms with van der Waals surface area (Å²) in [6, 6.07) is 11.9. The maximum Gasteiger partial charge on any atom is 0.360 e. The standard InChI is InChI=1S/C16H12N2O3/c1-10-12-9-13(16(20)21-14(12)7-8-17-10)18-15(19)11-5-3-2-4-6-11/h2-9H,1H3,(H,18,19).